The third-order valence-electron chi connectivity index (χ3n) is 7.56. The number of benzene rings is 2. The lowest BCUT2D eigenvalue weighted by molar-refractivity contribution is -0.118. The Labute approximate surface area is 232 Å². The van der Waals surface area contributed by atoms with E-state index < -0.39 is 11.8 Å². The first-order chi connectivity index (χ1) is 18.8. The molecule has 0 bridgehead atoms. The van der Waals surface area contributed by atoms with Gasteiger partial charge in [0.1, 0.15) is 5.75 Å². The average Bonchev–Trinajstić information content (AvgIpc) is 2.93. The Hall–Kier alpha value is -3.78. The van der Waals surface area contributed by atoms with Crippen molar-refractivity contribution >= 4 is 34.8 Å². The number of methoxy groups -OCH3 is 2. The van der Waals surface area contributed by atoms with Crippen LogP contribution in [0, 0.1) is 0 Å². The number of halogens is 1. The Balaban J connectivity index is 1.47. The number of hydrogen-bond acceptors (Lipinski definition) is 7. The fraction of sp³-hybridized carbons (Fsp3) is 0.367. The second-order valence-electron chi connectivity index (χ2n) is 9.84. The summed E-state index contributed by atoms with van der Waals surface area (Å²) in [4.78, 5) is 41.2. The minimum atomic E-state index is -0.513. The molecule has 0 unspecified atom stereocenters. The zero-order valence-corrected chi connectivity index (χ0v) is 23.0. The molecule has 1 aliphatic heterocycles. The van der Waals surface area contributed by atoms with E-state index in [1.807, 2.05) is 7.05 Å². The van der Waals surface area contributed by atoms with Crippen molar-refractivity contribution in [1.82, 2.24) is 4.90 Å². The van der Waals surface area contributed by atoms with Crippen LogP contribution in [0.3, 0.4) is 0 Å². The molecule has 0 fully saturated rings. The molecule has 2 aromatic carbocycles. The smallest absolute Gasteiger partial charge is 0.262 e. The third kappa shape index (κ3) is 5.01. The first kappa shape index (κ1) is 26.8. The highest BCUT2D eigenvalue weighted by molar-refractivity contribution is 6.32. The molecule has 9 heteroatoms. The molecule has 0 spiro atoms. The predicted octanol–water partition coefficient (Wildman–Crippen LogP) is 5.42. The Morgan fingerprint density at radius 1 is 0.949 bits per heavy atom. The standard InChI is InChI=1S/C30H31ClN2O6/c1-33-20-9-6-11-22(34)28(20)27(29-21(33)10-7-12-23(29)35)17-14-18(31)30(25(15-17)38-3)39-16-26(36)32-19-8-4-5-13-24(19)37-2/h4-5,8,13-15,27H,6-7,9-12,16H2,1-3H3,(H,32,36). The minimum Gasteiger partial charge on any atom is -0.495 e. The highest BCUT2D eigenvalue weighted by atomic mass is 35.5. The van der Waals surface area contributed by atoms with Crippen LogP contribution in [0.15, 0.2) is 58.9 Å². The number of ketones is 2. The van der Waals surface area contributed by atoms with Crippen LogP contribution in [-0.4, -0.2) is 50.2 Å². The van der Waals surface area contributed by atoms with Gasteiger partial charge in [-0.3, -0.25) is 14.4 Å². The van der Waals surface area contributed by atoms with Crippen LogP contribution in [0.1, 0.15) is 50.0 Å². The SMILES string of the molecule is COc1ccccc1NC(=O)COc1c(Cl)cc(C2C3=C(CCCC3=O)N(C)C3=C2C(=O)CCC3)cc1OC. The van der Waals surface area contributed by atoms with E-state index in [9.17, 15) is 14.4 Å². The van der Waals surface area contributed by atoms with Gasteiger partial charge in [-0.25, -0.2) is 0 Å². The van der Waals surface area contributed by atoms with Crippen LogP contribution in [-0.2, 0) is 14.4 Å². The summed E-state index contributed by atoms with van der Waals surface area (Å²) >= 11 is 6.71. The Morgan fingerprint density at radius 3 is 2.18 bits per heavy atom. The number of nitrogens with zero attached hydrogens (tertiary/aromatic N) is 1. The maximum Gasteiger partial charge on any atom is 0.262 e. The minimum absolute atomic E-state index is 0.0569. The maximum atomic E-state index is 13.3. The van der Waals surface area contributed by atoms with Gasteiger partial charge in [-0.2, -0.15) is 0 Å². The predicted molar refractivity (Wildman–Crippen MR) is 147 cm³/mol. The van der Waals surface area contributed by atoms with E-state index in [0.717, 1.165) is 37.1 Å². The molecule has 2 aromatic rings. The van der Waals surface area contributed by atoms with Crippen molar-refractivity contribution < 1.29 is 28.6 Å². The molecule has 1 heterocycles. The van der Waals surface area contributed by atoms with Crippen molar-refractivity contribution in [2.75, 3.05) is 33.2 Å². The largest absolute Gasteiger partial charge is 0.495 e. The van der Waals surface area contributed by atoms with Crippen LogP contribution in [0.5, 0.6) is 17.2 Å². The lowest BCUT2D eigenvalue weighted by Crippen LogP contribution is -2.37. The van der Waals surface area contributed by atoms with Crippen LogP contribution in [0.25, 0.3) is 0 Å². The Kier molecular flexibility index (Phi) is 7.66. The number of ether oxygens (including phenoxy) is 3. The fourth-order valence-corrected chi connectivity index (χ4v) is 6.08. The van der Waals surface area contributed by atoms with Gasteiger partial charge in [-0.05, 0) is 55.5 Å². The Bertz CT molecular complexity index is 1370. The Morgan fingerprint density at radius 2 is 1.56 bits per heavy atom. The van der Waals surface area contributed by atoms with Crippen LogP contribution >= 0.6 is 11.6 Å². The lowest BCUT2D eigenvalue weighted by Gasteiger charge is -2.42. The zero-order chi connectivity index (χ0) is 27.7. The van der Waals surface area contributed by atoms with E-state index in [4.69, 9.17) is 25.8 Å². The summed E-state index contributed by atoms with van der Waals surface area (Å²) in [6.07, 6.45) is 4.05. The number of Topliss-reactive ketones (excluding diaryl/α,β-unsaturated/α-hetero) is 2. The highest BCUT2D eigenvalue weighted by Crippen LogP contribution is 2.50. The van der Waals surface area contributed by atoms with Gasteiger partial charge in [0, 0.05) is 48.3 Å². The van der Waals surface area contributed by atoms with Crippen molar-refractivity contribution in [2.45, 2.75) is 44.4 Å². The summed E-state index contributed by atoms with van der Waals surface area (Å²) in [5, 5.41) is 2.99. The van der Waals surface area contributed by atoms with Gasteiger partial charge in [-0.15, -0.1) is 0 Å². The number of amides is 1. The molecule has 39 heavy (non-hydrogen) atoms. The van der Waals surface area contributed by atoms with Crippen LogP contribution < -0.4 is 19.5 Å². The molecule has 1 N–H and O–H groups in total. The van der Waals surface area contributed by atoms with Crippen molar-refractivity contribution in [3.05, 3.63) is 69.5 Å². The van der Waals surface area contributed by atoms with Crippen molar-refractivity contribution in [3.63, 3.8) is 0 Å². The summed E-state index contributed by atoms with van der Waals surface area (Å²) in [7, 11) is 4.97. The average molecular weight is 551 g/mol. The quantitative estimate of drug-likeness (QED) is 0.492. The molecule has 3 aliphatic rings. The first-order valence-electron chi connectivity index (χ1n) is 13.0. The van der Waals surface area contributed by atoms with E-state index in [1.54, 1.807) is 36.4 Å². The number of carbonyl (C=O) groups excluding carboxylic acids is 3. The summed E-state index contributed by atoms with van der Waals surface area (Å²) in [6, 6.07) is 10.5. The van der Waals surface area contributed by atoms with Gasteiger partial charge in [-0.1, -0.05) is 23.7 Å². The summed E-state index contributed by atoms with van der Waals surface area (Å²) in [6.45, 7) is -0.316. The molecular formula is C30H31ClN2O6. The number of para-hydroxylation sites is 2. The number of hydrogen-bond donors (Lipinski definition) is 1. The van der Waals surface area contributed by atoms with Gasteiger partial charge in [0.15, 0.2) is 29.7 Å². The highest BCUT2D eigenvalue weighted by Gasteiger charge is 2.42. The van der Waals surface area contributed by atoms with Crippen LogP contribution in [0.4, 0.5) is 5.69 Å². The molecule has 204 valence electrons. The van der Waals surface area contributed by atoms with E-state index in [1.165, 1.54) is 14.2 Å². The molecule has 0 saturated heterocycles. The van der Waals surface area contributed by atoms with Gasteiger partial charge in [0.05, 0.1) is 24.9 Å². The summed E-state index contributed by atoms with van der Waals surface area (Å²) < 4.78 is 16.7. The van der Waals surface area contributed by atoms with Crippen LogP contribution in [0.2, 0.25) is 5.02 Å². The number of rotatable bonds is 7. The molecular weight excluding hydrogens is 520 g/mol. The number of allylic oxidation sites excluding steroid dienone is 4. The molecule has 0 atom stereocenters. The first-order valence-corrected chi connectivity index (χ1v) is 13.4. The topological polar surface area (TPSA) is 94.2 Å². The number of anilines is 1. The summed E-state index contributed by atoms with van der Waals surface area (Å²) in [5.41, 5.74) is 4.51. The molecule has 5 rings (SSSR count). The second kappa shape index (κ2) is 11.1. The maximum absolute atomic E-state index is 13.3. The van der Waals surface area contributed by atoms with E-state index >= 15 is 0 Å². The van der Waals surface area contributed by atoms with Crippen molar-refractivity contribution in [1.29, 1.82) is 0 Å². The van der Waals surface area contributed by atoms with Gasteiger partial charge >= 0.3 is 0 Å². The monoisotopic (exact) mass is 550 g/mol. The van der Waals surface area contributed by atoms with Crippen molar-refractivity contribution in [2.24, 2.45) is 0 Å². The fourth-order valence-electron chi connectivity index (χ4n) is 5.80. The normalized spacial score (nSPS) is 17.6. The molecule has 0 saturated carbocycles. The zero-order valence-electron chi connectivity index (χ0n) is 22.3. The molecule has 0 aromatic heterocycles. The number of nitrogens with one attached hydrogen (secondary N) is 1. The number of carbonyl (C=O) groups is 3. The molecule has 8 nitrogen and oxygen atoms in total. The van der Waals surface area contributed by atoms with E-state index in [2.05, 4.69) is 10.2 Å². The third-order valence-corrected chi connectivity index (χ3v) is 7.84. The van der Waals surface area contributed by atoms with Crippen molar-refractivity contribution in [3.8, 4) is 17.2 Å². The molecule has 1 amide bonds. The molecule has 0 radical (unpaired) electrons. The van der Waals surface area contributed by atoms with Gasteiger partial charge < -0.3 is 24.4 Å². The lowest BCUT2D eigenvalue weighted by atomic mass is 9.71. The van der Waals surface area contributed by atoms with Gasteiger partial charge in [0.2, 0.25) is 0 Å². The summed E-state index contributed by atoms with van der Waals surface area (Å²) in [5.74, 6) is 0.253. The second-order valence-corrected chi connectivity index (χ2v) is 10.2. The van der Waals surface area contributed by atoms with E-state index in [0.29, 0.717) is 46.7 Å². The van der Waals surface area contributed by atoms with E-state index in [-0.39, 0.29) is 28.9 Å². The molecule has 2 aliphatic carbocycles. The van der Waals surface area contributed by atoms with Gasteiger partial charge in [0.25, 0.3) is 5.91 Å².